The summed E-state index contributed by atoms with van der Waals surface area (Å²) in [7, 11) is 0. The van der Waals surface area contributed by atoms with Gasteiger partial charge in [-0.25, -0.2) is 9.59 Å². The van der Waals surface area contributed by atoms with Crippen LogP contribution in [0.2, 0.25) is 0 Å². The Kier molecular flexibility index (Phi) is 2.21. The first-order valence-corrected chi connectivity index (χ1v) is 1.78. The minimum absolute atomic E-state index is 0.993. The molecule has 0 unspecified atom stereocenters. The molecular formula is C2H3NO3S. The molecule has 0 spiro atoms. The fourth-order valence-corrected chi connectivity index (χ4v) is 0.176. The lowest BCUT2D eigenvalue weighted by Crippen LogP contribution is -2.13. The molecule has 0 aliphatic rings. The van der Waals surface area contributed by atoms with E-state index >= 15 is 0 Å². The van der Waals surface area contributed by atoms with Crippen LogP contribution in [-0.2, 0) is 4.74 Å². The largest absolute Gasteiger partial charge is 0.412 e. The fourth-order valence-electron chi connectivity index (χ4n) is 0.0861. The molecule has 0 aromatic heterocycles. The zero-order valence-corrected chi connectivity index (χ0v) is 4.14. The minimum Gasteiger partial charge on any atom is -0.368 e. The lowest BCUT2D eigenvalue weighted by molar-refractivity contribution is 0.175. The van der Waals surface area contributed by atoms with Crippen molar-refractivity contribution in [2.24, 2.45) is 5.73 Å². The molecule has 5 heteroatoms. The molecular weight excluding hydrogens is 118 g/mol. The third-order valence-corrected chi connectivity index (χ3v) is 0.279. The normalized spacial score (nSPS) is 7.57. The Bertz CT molecular complexity index is 89.1. The van der Waals surface area contributed by atoms with Crippen molar-refractivity contribution in [3.05, 3.63) is 0 Å². The average Bonchev–Trinajstić information content (AvgIpc) is 1.27. The molecule has 2 N–H and O–H groups in total. The lowest BCUT2D eigenvalue weighted by Gasteiger charge is -1.86. The van der Waals surface area contributed by atoms with E-state index in [1.165, 1.54) is 0 Å². The highest BCUT2D eigenvalue weighted by Gasteiger charge is 1.95. The highest BCUT2D eigenvalue weighted by Crippen LogP contribution is 1.82. The maximum atomic E-state index is 9.60. The van der Waals surface area contributed by atoms with E-state index in [-0.39, 0.29) is 0 Å². The van der Waals surface area contributed by atoms with Gasteiger partial charge in [0.1, 0.15) is 0 Å². The first kappa shape index (κ1) is 6.29. The van der Waals surface area contributed by atoms with Gasteiger partial charge in [-0.05, 0) is 0 Å². The lowest BCUT2D eigenvalue weighted by atomic mass is 11.2. The minimum atomic E-state index is -1.14. The van der Waals surface area contributed by atoms with Gasteiger partial charge in [-0.3, -0.25) is 0 Å². The van der Waals surface area contributed by atoms with E-state index in [2.05, 4.69) is 23.1 Å². The van der Waals surface area contributed by atoms with Gasteiger partial charge < -0.3 is 10.5 Å². The second-order valence-electron chi connectivity index (χ2n) is 0.687. The number of rotatable bonds is 0. The third-order valence-electron chi connectivity index (χ3n) is 0.188. The Morgan fingerprint density at radius 3 is 2.00 bits per heavy atom. The topological polar surface area (TPSA) is 69.4 Å². The standard InChI is InChI=1S/C2H3NO3S/c3-1(4)6-2(5)7/h(H2,3,4)(H,5,7). The van der Waals surface area contributed by atoms with E-state index in [1.54, 1.807) is 0 Å². The second-order valence-corrected chi connectivity index (χ2v) is 1.05. The Balaban J connectivity index is 3.32. The molecule has 0 fully saturated rings. The molecule has 0 saturated heterocycles. The third kappa shape index (κ3) is 5.29. The van der Waals surface area contributed by atoms with E-state index in [4.69, 9.17) is 0 Å². The molecule has 0 aromatic carbocycles. The van der Waals surface area contributed by atoms with E-state index in [0.717, 1.165) is 0 Å². The first-order chi connectivity index (χ1) is 3.13. The van der Waals surface area contributed by atoms with Crippen molar-refractivity contribution in [1.29, 1.82) is 0 Å². The summed E-state index contributed by atoms with van der Waals surface area (Å²) in [5, 5.41) is -0.993. The molecule has 1 amide bonds. The van der Waals surface area contributed by atoms with Crippen LogP contribution in [0.25, 0.3) is 0 Å². The van der Waals surface area contributed by atoms with Crippen molar-refractivity contribution >= 4 is 24.0 Å². The van der Waals surface area contributed by atoms with Crippen molar-refractivity contribution in [2.45, 2.75) is 0 Å². The predicted octanol–water partition coefficient (Wildman–Crippen LogP) is 0.132. The maximum absolute atomic E-state index is 9.60. The fraction of sp³-hybridized carbons (Fsp3) is 0. The summed E-state index contributed by atoms with van der Waals surface area (Å²) >= 11 is 3.08. The molecule has 0 aromatic rings. The van der Waals surface area contributed by atoms with Gasteiger partial charge in [-0.15, -0.1) is 0 Å². The number of primary amides is 1. The van der Waals surface area contributed by atoms with Crippen molar-refractivity contribution in [1.82, 2.24) is 0 Å². The van der Waals surface area contributed by atoms with Crippen molar-refractivity contribution in [3.63, 3.8) is 0 Å². The van der Waals surface area contributed by atoms with Crippen LogP contribution in [0.3, 0.4) is 0 Å². The van der Waals surface area contributed by atoms with Crippen LogP contribution in [0, 0.1) is 0 Å². The predicted molar refractivity (Wildman–Crippen MR) is 25.1 cm³/mol. The van der Waals surface area contributed by atoms with E-state index in [0.29, 0.717) is 0 Å². The smallest absolute Gasteiger partial charge is 0.368 e. The Morgan fingerprint density at radius 2 is 2.00 bits per heavy atom. The molecule has 0 heterocycles. The van der Waals surface area contributed by atoms with Crippen molar-refractivity contribution in [2.75, 3.05) is 0 Å². The van der Waals surface area contributed by atoms with Crippen LogP contribution in [-0.4, -0.2) is 11.4 Å². The first-order valence-electron chi connectivity index (χ1n) is 1.33. The maximum Gasteiger partial charge on any atom is 0.412 e. The van der Waals surface area contributed by atoms with Gasteiger partial charge in [0.25, 0.3) is 0 Å². The van der Waals surface area contributed by atoms with Gasteiger partial charge in [0, 0.05) is 0 Å². The summed E-state index contributed by atoms with van der Waals surface area (Å²) in [6.07, 6.45) is -1.14. The Labute approximate surface area is 45.0 Å². The number of carbonyl (C=O) groups excluding carboxylic acids is 2. The number of thiol groups is 1. The second kappa shape index (κ2) is 2.46. The zero-order chi connectivity index (χ0) is 5.86. The molecule has 0 bridgehead atoms. The van der Waals surface area contributed by atoms with Crippen LogP contribution in [0.15, 0.2) is 0 Å². The Hall–Kier alpha value is -0.710. The van der Waals surface area contributed by atoms with Gasteiger partial charge >= 0.3 is 11.4 Å². The highest BCUT2D eigenvalue weighted by molar-refractivity contribution is 7.96. The van der Waals surface area contributed by atoms with Crippen molar-refractivity contribution in [3.8, 4) is 0 Å². The summed E-state index contributed by atoms with van der Waals surface area (Å²) in [5.41, 5.74) is 4.36. The number of ether oxygens (including phenoxy) is 1. The van der Waals surface area contributed by atoms with Crippen LogP contribution in [0.4, 0.5) is 9.59 Å². The van der Waals surface area contributed by atoms with Crippen LogP contribution in [0.5, 0.6) is 0 Å². The quantitative estimate of drug-likeness (QED) is 0.272. The molecule has 40 valence electrons. The SMILES string of the molecule is NC(=O)OC(=O)S. The van der Waals surface area contributed by atoms with Gasteiger partial charge in [-0.1, -0.05) is 12.6 Å². The zero-order valence-electron chi connectivity index (χ0n) is 3.25. The average molecular weight is 121 g/mol. The van der Waals surface area contributed by atoms with Gasteiger partial charge in [0.15, 0.2) is 0 Å². The number of nitrogens with two attached hydrogens (primary N) is 1. The van der Waals surface area contributed by atoms with E-state index in [9.17, 15) is 9.59 Å². The summed E-state index contributed by atoms with van der Waals surface area (Å²) < 4.78 is 3.61. The molecule has 0 saturated carbocycles. The monoisotopic (exact) mass is 121 g/mol. The van der Waals surface area contributed by atoms with Crippen LogP contribution in [0.1, 0.15) is 0 Å². The van der Waals surface area contributed by atoms with E-state index < -0.39 is 11.4 Å². The number of amides is 1. The molecule has 0 aliphatic carbocycles. The molecule has 4 nitrogen and oxygen atoms in total. The van der Waals surface area contributed by atoms with Gasteiger partial charge in [0.05, 0.1) is 0 Å². The van der Waals surface area contributed by atoms with E-state index in [1.807, 2.05) is 0 Å². The molecule has 0 aliphatic heterocycles. The molecule has 0 atom stereocenters. The van der Waals surface area contributed by atoms with Gasteiger partial charge in [-0.2, -0.15) is 0 Å². The summed E-state index contributed by atoms with van der Waals surface area (Å²) in [6.45, 7) is 0. The molecule has 7 heavy (non-hydrogen) atoms. The van der Waals surface area contributed by atoms with Crippen LogP contribution < -0.4 is 5.73 Å². The van der Waals surface area contributed by atoms with Gasteiger partial charge in [0.2, 0.25) is 0 Å². The summed E-state index contributed by atoms with van der Waals surface area (Å²) in [5.74, 6) is 0. The molecule has 0 rings (SSSR count). The molecule has 0 radical (unpaired) electrons. The summed E-state index contributed by atoms with van der Waals surface area (Å²) in [4.78, 5) is 19.1. The van der Waals surface area contributed by atoms with Crippen LogP contribution >= 0.6 is 12.6 Å². The van der Waals surface area contributed by atoms with Crippen molar-refractivity contribution < 1.29 is 14.3 Å². The highest BCUT2D eigenvalue weighted by atomic mass is 32.1. The number of hydrogen-bond acceptors (Lipinski definition) is 3. The Morgan fingerprint density at radius 1 is 1.57 bits per heavy atom. The number of hydrogen-bond donors (Lipinski definition) is 2. The number of carbonyl (C=O) groups is 2. The summed E-state index contributed by atoms with van der Waals surface area (Å²) in [6, 6.07) is 0.